The fraction of sp³-hybridized carbons (Fsp3) is 0.235. The minimum Gasteiger partial charge on any atom is -0.358 e. The number of nitrogens with one attached hydrogen (secondary N) is 2. The van der Waals surface area contributed by atoms with Gasteiger partial charge in [0.2, 0.25) is 5.91 Å². The molecule has 0 spiro atoms. The van der Waals surface area contributed by atoms with Gasteiger partial charge in [0.25, 0.3) is 5.91 Å². The van der Waals surface area contributed by atoms with Gasteiger partial charge in [-0.2, -0.15) is 5.10 Å². The zero-order valence-electron chi connectivity index (χ0n) is 13.8. The number of fused-ring (bicyclic) bond motifs is 1. The van der Waals surface area contributed by atoms with E-state index in [-0.39, 0.29) is 18.4 Å². The van der Waals surface area contributed by atoms with E-state index < -0.39 is 0 Å². The van der Waals surface area contributed by atoms with Crippen LogP contribution in [-0.2, 0) is 18.4 Å². The third kappa shape index (κ3) is 3.01. The number of aryl methyl sites for hydroxylation is 2. The molecule has 0 aliphatic rings. The summed E-state index contributed by atoms with van der Waals surface area (Å²) in [7, 11) is 3.43. The summed E-state index contributed by atoms with van der Waals surface area (Å²) in [5.41, 5.74) is 3.26. The Hall–Kier alpha value is -3.09. The van der Waals surface area contributed by atoms with Crippen molar-refractivity contribution in [3.05, 3.63) is 47.9 Å². The standard InChI is InChI=1S/C17H19N5O2/c1-11-4-5-14-12(6-11)7-15(21(14)3)17(24)20-13-8-19-22(9-13)10-16(23)18-2/h4-9H,10H2,1-3H3,(H,18,23)(H,20,24). The highest BCUT2D eigenvalue weighted by Crippen LogP contribution is 2.21. The predicted octanol–water partition coefficient (Wildman–Crippen LogP) is 1.68. The minimum atomic E-state index is -0.217. The number of hydrogen-bond donors (Lipinski definition) is 2. The fourth-order valence-corrected chi connectivity index (χ4v) is 2.62. The molecule has 0 saturated heterocycles. The molecule has 3 rings (SSSR count). The number of likely N-dealkylation sites (N-methyl/N-ethyl adjacent to an activating group) is 1. The highest BCUT2D eigenvalue weighted by atomic mass is 16.2. The van der Waals surface area contributed by atoms with Gasteiger partial charge in [-0.05, 0) is 25.1 Å². The summed E-state index contributed by atoms with van der Waals surface area (Å²) in [5, 5.41) is 10.4. The second-order valence-electron chi connectivity index (χ2n) is 5.70. The molecule has 0 fully saturated rings. The van der Waals surface area contributed by atoms with Crippen molar-refractivity contribution >= 4 is 28.4 Å². The molecule has 0 saturated carbocycles. The summed E-state index contributed by atoms with van der Waals surface area (Å²) in [6.45, 7) is 2.13. The molecule has 2 heterocycles. The van der Waals surface area contributed by atoms with Crippen molar-refractivity contribution < 1.29 is 9.59 Å². The van der Waals surface area contributed by atoms with Crippen LogP contribution in [0.4, 0.5) is 5.69 Å². The van der Waals surface area contributed by atoms with Gasteiger partial charge < -0.3 is 15.2 Å². The number of benzene rings is 1. The molecule has 7 heteroatoms. The fourth-order valence-electron chi connectivity index (χ4n) is 2.62. The van der Waals surface area contributed by atoms with Crippen LogP contribution >= 0.6 is 0 Å². The van der Waals surface area contributed by atoms with E-state index in [0.717, 1.165) is 16.5 Å². The van der Waals surface area contributed by atoms with Gasteiger partial charge in [0, 0.05) is 31.2 Å². The molecular formula is C17H19N5O2. The number of anilines is 1. The Morgan fingerprint density at radius 1 is 1.25 bits per heavy atom. The van der Waals surface area contributed by atoms with Crippen LogP contribution in [0, 0.1) is 6.92 Å². The maximum absolute atomic E-state index is 12.5. The van der Waals surface area contributed by atoms with Gasteiger partial charge in [-0.15, -0.1) is 0 Å². The third-order valence-corrected chi connectivity index (χ3v) is 3.91. The highest BCUT2D eigenvalue weighted by Gasteiger charge is 2.14. The van der Waals surface area contributed by atoms with Crippen LogP contribution in [0.5, 0.6) is 0 Å². The van der Waals surface area contributed by atoms with E-state index in [0.29, 0.717) is 11.4 Å². The molecule has 0 atom stereocenters. The molecule has 0 radical (unpaired) electrons. The van der Waals surface area contributed by atoms with E-state index in [2.05, 4.69) is 15.7 Å². The van der Waals surface area contributed by atoms with Crippen LogP contribution in [0.1, 0.15) is 16.1 Å². The average molecular weight is 325 g/mol. The second kappa shape index (κ2) is 6.19. The lowest BCUT2D eigenvalue weighted by molar-refractivity contribution is -0.121. The van der Waals surface area contributed by atoms with Crippen molar-refractivity contribution in [2.75, 3.05) is 12.4 Å². The first-order chi connectivity index (χ1) is 11.5. The zero-order valence-corrected chi connectivity index (χ0v) is 13.8. The monoisotopic (exact) mass is 325 g/mol. The van der Waals surface area contributed by atoms with Gasteiger partial charge in [-0.1, -0.05) is 11.6 Å². The molecule has 2 aromatic heterocycles. The maximum Gasteiger partial charge on any atom is 0.272 e. The number of amides is 2. The Bertz CT molecular complexity index is 922. The first-order valence-corrected chi connectivity index (χ1v) is 7.58. The Kier molecular flexibility index (Phi) is 4.07. The normalized spacial score (nSPS) is 10.8. The molecule has 2 N–H and O–H groups in total. The van der Waals surface area contributed by atoms with Crippen LogP contribution in [0.15, 0.2) is 36.7 Å². The number of nitrogens with zero attached hydrogens (tertiary/aromatic N) is 3. The summed E-state index contributed by atoms with van der Waals surface area (Å²) >= 11 is 0. The first-order valence-electron chi connectivity index (χ1n) is 7.58. The molecule has 7 nitrogen and oxygen atoms in total. The van der Waals surface area contributed by atoms with Gasteiger partial charge in [-0.3, -0.25) is 14.3 Å². The van der Waals surface area contributed by atoms with Crippen molar-refractivity contribution in [2.45, 2.75) is 13.5 Å². The lowest BCUT2D eigenvalue weighted by Crippen LogP contribution is -2.23. The SMILES string of the molecule is CNC(=O)Cn1cc(NC(=O)c2cc3cc(C)ccc3n2C)cn1. The Balaban J connectivity index is 1.80. The van der Waals surface area contributed by atoms with E-state index in [9.17, 15) is 9.59 Å². The molecule has 1 aromatic carbocycles. The minimum absolute atomic E-state index is 0.111. The number of aromatic nitrogens is 3. The van der Waals surface area contributed by atoms with Crippen molar-refractivity contribution in [1.82, 2.24) is 19.7 Å². The lowest BCUT2D eigenvalue weighted by atomic mass is 10.2. The van der Waals surface area contributed by atoms with Gasteiger partial charge in [-0.25, -0.2) is 0 Å². The summed E-state index contributed by atoms with van der Waals surface area (Å²) in [4.78, 5) is 23.9. The van der Waals surface area contributed by atoms with Crippen LogP contribution in [0.3, 0.4) is 0 Å². The molecule has 0 unspecified atom stereocenters. The van der Waals surface area contributed by atoms with Gasteiger partial charge >= 0.3 is 0 Å². The Morgan fingerprint density at radius 3 is 2.79 bits per heavy atom. The van der Waals surface area contributed by atoms with Crippen molar-refractivity contribution in [1.29, 1.82) is 0 Å². The predicted molar refractivity (Wildman–Crippen MR) is 91.9 cm³/mol. The molecule has 124 valence electrons. The van der Waals surface area contributed by atoms with Crippen LogP contribution in [0.25, 0.3) is 10.9 Å². The zero-order chi connectivity index (χ0) is 17.3. The average Bonchev–Trinajstić information content (AvgIpc) is 3.11. The molecule has 0 bridgehead atoms. The van der Waals surface area contributed by atoms with Crippen LogP contribution < -0.4 is 10.6 Å². The summed E-state index contributed by atoms with van der Waals surface area (Å²) in [6, 6.07) is 7.94. The van der Waals surface area contributed by atoms with Crippen LogP contribution in [-0.4, -0.2) is 33.2 Å². The quantitative estimate of drug-likeness (QED) is 0.766. The Labute approximate surface area is 139 Å². The van der Waals surface area contributed by atoms with E-state index in [4.69, 9.17) is 0 Å². The number of carbonyl (C=O) groups is 2. The smallest absolute Gasteiger partial charge is 0.272 e. The highest BCUT2D eigenvalue weighted by molar-refractivity contribution is 6.06. The number of carbonyl (C=O) groups excluding carboxylic acids is 2. The van der Waals surface area contributed by atoms with Crippen molar-refractivity contribution in [3.8, 4) is 0 Å². The van der Waals surface area contributed by atoms with Crippen molar-refractivity contribution in [3.63, 3.8) is 0 Å². The maximum atomic E-state index is 12.5. The second-order valence-corrected chi connectivity index (χ2v) is 5.70. The largest absolute Gasteiger partial charge is 0.358 e. The van der Waals surface area contributed by atoms with E-state index in [1.165, 1.54) is 10.9 Å². The summed E-state index contributed by atoms with van der Waals surface area (Å²) < 4.78 is 3.33. The summed E-state index contributed by atoms with van der Waals surface area (Å²) in [5.74, 6) is -0.370. The molecule has 24 heavy (non-hydrogen) atoms. The molecule has 0 aliphatic carbocycles. The van der Waals surface area contributed by atoms with Crippen LogP contribution in [0.2, 0.25) is 0 Å². The van der Waals surface area contributed by atoms with E-state index in [1.807, 2.05) is 42.8 Å². The third-order valence-electron chi connectivity index (χ3n) is 3.91. The molecule has 0 aliphatic heterocycles. The van der Waals surface area contributed by atoms with Gasteiger partial charge in [0.05, 0.1) is 11.9 Å². The summed E-state index contributed by atoms with van der Waals surface area (Å²) in [6.07, 6.45) is 3.15. The van der Waals surface area contributed by atoms with Crippen molar-refractivity contribution in [2.24, 2.45) is 7.05 Å². The van der Waals surface area contributed by atoms with Gasteiger partial charge in [0.15, 0.2) is 0 Å². The number of rotatable bonds is 4. The Morgan fingerprint density at radius 2 is 2.04 bits per heavy atom. The van der Waals surface area contributed by atoms with E-state index >= 15 is 0 Å². The lowest BCUT2D eigenvalue weighted by Gasteiger charge is -2.04. The van der Waals surface area contributed by atoms with E-state index in [1.54, 1.807) is 13.2 Å². The topological polar surface area (TPSA) is 81.0 Å². The molecule has 2 amide bonds. The first kappa shape index (κ1) is 15.8. The number of hydrogen-bond acceptors (Lipinski definition) is 3. The molecule has 3 aromatic rings. The van der Waals surface area contributed by atoms with Gasteiger partial charge in [0.1, 0.15) is 12.2 Å². The molecular weight excluding hydrogens is 306 g/mol.